The van der Waals surface area contributed by atoms with Crippen molar-refractivity contribution >= 4 is 0 Å². The lowest BCUT2D eigenvalue weighted by atomic mass is 9.88. The molecule has 0 aromatic rings. The maximum absolute atomic E-state index is 3.57. The fraction of sp³-hybridized carbons (Fsp3) is 1.00. The van der Waals surface area contributed by atoms with Crippen LogP contribution in [0.1, 0.15) is 13.3 Å². The fourth-order valence-electron chi connectivity index (χ4n) is 2.17. The molecule has 0 aromatic carbocycles. The summed E-state index contributed by atoms with van der Waals surface area (Å²) in [6.07, 6.45) is 1.42. The Morgan fingerprint density at radius 3 is 3.00 bits per heavy atom. The van der Waals surface area contributed by atoms with Gasteiger partial charge in [0.05, 0.1) is 0 Å². The quantitative estimate of drug-likeness (QED) is 0.502. The third-order valence-corrected chi connectivity index (χ3v) is 2.77. The highest BCUT2D eigenvalue weighted by Crippen LogP contribution is 2.22. The van der Waals surface area contributed by atoms with Crippen LogP contribution < -0.4 is 10.6 Å². The highest BCUT2D eigenvalue weighted by molar-refractivity contribution is 4.91. The zero-order valence-electron chi connectivity index (χ0n) is 6.56. The van der Waals surface area contributed by atoms with Gasteiger partial charge in [0.25, 0.3) is 0 Å². The Morgan fingerprint density at radius 1 is 1.20 bits per heavy atom. The number of fused-ring (bicyclic) bond motifs is 1. The van der Waals surface area contributed by atoms with E-state index in [0.29, 0.717) is 0 Å². The van der Waals surface area contributed by atoms with Crippen molar-refractivity contribution in [2.24, 2.45) is 11.8 Å². The van der Waals surface area contributed by atoms with Crippen molar-refractivity contribution in [3.8, 4) is 0 Å². The molecule has 3 unspecified atom stereocenters. The van der Waals surface area contributed by atoms with Crippen LogP contribution >= 0.6 is 0 Å². The summed E-state index contributed by atoms with van der Waals surface area (Å²) in [6.45, 7) is 5.99. The molecule has 3 atom stereocenters. The van der Waals surface area contributed by atoms with E-state index in [1.54, 1.807) is 0 Å². The first-order valence-electron chi connectivity index (χ1n) is 4.30. The summed E-state index contributed by atoms with van der Waals surface area (Å²) in [5.74, 6) is 1.81. The number of hydrogen-bond acceptors (Lipinski definition) is 2. The summed E-state index contributed by atoms with van der Waals surface area (Å²) in [4.78, 5) is 0. The highest BCUT2D eigenvalue weighted by Gasteiger charge is 2.31. The van der Waals surface area contributed by atoms with Crippen molar-refractivity contribution in [1.29, 1.82) is 0 Å². The van der Waals surface area contributed by atoms with Crippen LogP contribution in [0.3, 0.4) is 0 Å². The Balaban J connectivity index is 1.96. The molecular formula is C8H16N2. The Labute approximate surface area is 62.4 Å². The van der Waals surface area contributed by atoms with E-state index >= 15 is 0 Å². The topological polar surface area (TPSA) is 24.1 Å². The standard InChI is InChI=1S/C8H16N2/c1-6-2-7-4-9-5-8(7)10-3-6/h6-10H,2-5H2,1H3. The minimum atomic E-state index is 0.788. The van der Waals surface area contributed by atoms with Crippen molar-refractivity contribution < 1.29 is 0 Å². The van der Waals surface area contributed by atoms with Crippen LogP contribution in [-0.4, -0.2) is 25.7 Å². The molecule has 2 fully saturated rings. The molecule has 0 bridgehead atoms. The van der Waals surface area contributed by atoms with E-state index in [9.17, 15) is 0 Å². The second-order valence-electron chi connectivity index (χ2n) is 3.77. The summed E-state index contributed by atoms with van der Waals surface area (Å²) >= 11 is 0. The highest BCUT2D eigenvalue weighted by atomic mass is 15.1. The molecule has 0 spiro atoms. The Kier molecular flexibility index (Phi) is 1.66. The van der Waals surface area contributed by atoms with Gasteiger partial charge in [-0.1, -0.05) is 6.92 Å². The minimum Gasteiger partial charge on any atom is -0.315 e. The Hall–Kier alpha value is -0.0800. The van der Waals surface area contributed by atoms with E-state index < -0.39 is 0 Å². The van der Waals surface area contributed by atoms with Crippen molar-refractivity contribution in [2.45, 2.75) is 19.4 Å². The SMILES string of the molecule is CC1CNC2CNCC2C1. The molecule has 0 aromatic heterocycles. The predicted molar refractivity (Wildman–Crippen MR) is 41.9 cm³/mol. The molecule has 2 saturated heterocycles. The van der Waals surface area contributed by atoms with Crippen LogP contribution in [0, 0.1) is 11.8 Å². The second kappa shape index (κ2) is 2.51. The molecule has 0 amide bonds. The summed E-state index contributed by atoms with van der Waals surface area (Å²) in [5, 5.41) is 6.99. The predicted octanol–water partition coefficient (Wildman–Crippen LogP) is 0.204. The maximum atomic E-state index is 3.57. The van der Waals surface area contributed by atoms with E-state index in [0.717, 1.165) is 17.9 Å². The summed E-state index contributed by atoms with van der Waals surface area (Å²) < 4.78 is 0. The summed E-state index contributed by atoms with van der Waals surface area (Å²) in [5.41, 5.74) is 0. The minimum absolute atomic E-state index is 0.788. The van der Waals surface area contributed by atoms with Gasteiger partial charge in [-0.2, -0.15) is 0 Å². The van der Waals surface area contributed by atoms with Gasteiger partial charge in [0.2, 0.25) is 0 Å². The average Bonchev–Trinajstić information content (AvgIpc) is 2.33. The van der Waals surface area contributed by atoms with E-state index in [-0.39, 0.29) is 0 Å². The van der Waals surface area contributed by atoms with Crippen LogP contribution in [0.2, 0.25) is 0 Å². The van der Waals surface area contributed by atoms with E-state index in [4.69, 9.17) is 0 Å². The molecule has 2 rings (SSSR count). The number of piperidine rings is 1. The third kappa shape index (κ3) is 1.06. The van der Waals surface area contributed by atoms with E-state index in [2.05, 4.69) is 17.6 Å². The van der Waals surface area contributed by atoms with Crippen molar-refractivity contribution in [3.05, 3.63) is 0 Å². The normalized spacial score (nSPS) is 47.1. The Morgan fingerprint density at radius 2 is 2.10 bits per heavy atom. The second-order valence-corrected chi connectivity index (χ2v) is 3.77. The van der Waals surface area contributed by atoms with E-state index in [1.807, 2.05) is 0 Å². The molecule has 10 heavy (non-hydrogen) atoms. The van der Waals surface area contributed by atoms with Crippen LogP contribution in [0.15, 0.2) is 0 Å². The number of nitrogens with one attached hydrogen (secondary N) is 2. The number of hydrogen-bond donors (Lipinski definition) is 2. The van der Waals surface area contributed by atoms with Gasteiger partial charge in [-0.15, -0.1) is 0 Å². The van der Waals surface area contributed by atoms with Gasteiger partial charge in [-0.25, -0.2) is 0 Å². The molecule has 0 radical (unpaired) electrons. The monoisotopic (exact) mass is 140 g/mol. The lowest BCUT2D eigenvalue weighted by molar-refractivity contribution is 0.273. The largest absolute Gasteiger partial charge is 0.315 e. The van der Waals surface area contributed by atoms with Gasteiger partial charge in [-0.05, 0) is 31.3 Å². The molecule has 2 aliphatic rings. The molecule has 2 aliphatic heterocycles. The first kappa shape index (κ1) is 6.62. The van der Waals surface area contributed by atoms with Crippen LogP contribution in [0.5, 0.6) is 0 Å². The molecule has 2 heterocycles. The fourth-order valence-corrected chi connectivity index (χ4v) is 2.17. The van der Waals surface area contributed by atoms with Gasteiger partial charge in [0, 0.05) is 12.6 Å². The molecule has 2 heteroatoms. The molecule has 0 saturated carbocycles. The first-order chi connectivity index (χ1) is 4.86. The Bertz CT molecular complexity index is 124. The van der Waals surface area contributed by atoms with Crippen LogP contribution in [0.25, 0.3) is 0 Å². The summed E-state index contributed by atoms with van der Waals surface area (Å²) in [7, 11) is 0. The lowest BCUT2D eigenvalue weighted by Gasteiger charge is -2.30. The van der Waals surface area contributed by atoms with Crippen molar-refractivity contribution in [1.82, 2.24) is 10.6 Å². The van der Waals surface area contributed by atoms with Gasteiger partial charge < -0.3 is 10.6 Å². The molecule has 2 nitrogen and oxygen atoms in total. The van der Waals surface area contributed by atoms with Crippen LogP contribution in [-0.2, 0) is 0 Å². The lowest BCUT2D eigenvalue weighted by Crippen LogP contribution is -2.44. The molecular weight excluding hydrogens is 124 g/mol. The van der Waals surface area contributed by atoms with Gasteiger partial charge in [0.1, 0.15) is 0 Å². The third-order valence-electron chi connectivity index (χ3n) is 2.77. The first-order valence-corrected chi connectivity index (χ1v) is 4.30. The zero-order chi connectivity index (χ0) is 6.97. The van der Waals surface area contributed by atoms with Crippen molar-refractivity contribution in [3.63, 3.8) is 0 Å². The van der Waals surface area contributed by atoms with Gasteiger partial charge in [-0.3, -0.25) is 0 Å². The average molecular weight is 140 g/mol. The van der Waals surface area contributed by atoms with E-state index in [1.165, 1.54) is 26.1 Å². The van der Waals surface area contributed by atoms with Crippen LogP contribution in [0.4, 0.5) is 0 Å². The van der Waals surface area contributed by atoms with Gasteiger partial charge in [0.15, 0.2) is 0 Å². The van der Waals surface area contributed by atoms with Gasteiger partial charge >= 0.3 is 0 Å². The molecule has 58 valence electrons. The maximum Gasteiger partial charge on any atom is 0.0233 e. The molecule has 2 N–H and O–H groups in total. The summed E-state index contributed by atoms with van der Waals surface area (Å²) in [6, 6.07) is 0.788. The smallest absolute Gasteiger partial charge is 0.0233 e. The van der Waals surface area contributed by atoms with Crippen molar-refractivity contribution in [2.75, 3.05) is 19.6 Å². The zero-order valence-corrected chi connectivity index (χ0v) is 6.56. The number of rotatable bonds is 0. The molecule has 0 aliphatic carbocycles.